The van der Waals surface area contributed by atoms with E-state index in [0.29, 0.717) is 0 Å². The van der Waals surface area contributed by atoms with Gasteiger partial charge < -0.3 is 25.1 Å². The Bertz CT molecular complexity index is 920. The molecule has 0 amide bonds. The summed E-state index contributed by atoms with van der Waals surface area (Å²) in [5.74, 6) is -0.192. The summed E-state index contributed by atoms with van der Waals surface area (Å²) in [6.07, 6.45) is 1.76. The summed E-state index contributed by atoms with van der Waals surface area (Å²) in [6, 6.07) is 0.621. The molecule has 1 saturated carbocycles. The standard InChI is InChI=1S/C19H20FN3O5/c1-9(25)16-4-11(26)6-23(16)18-15(20)5-12-14(8-24)13(19(27)28)7-22(10-2-3-10)17(12)21-18/h5,7,9-11,16,25-26H,2-4,6H2,1H3,(H,27,28)/t9-,11-,16+/m1/s1. The van der Waals surface area contributed by atoms with Gasteiger partial charge in [0.25, 0.3) is 0 Å². The van der Waals surface area contributed by atoms with Crippen LogP contribution in [0.5, 0.6) is 0 Å². The molecule has 9 heteroatoms. The van der Waals surface area contributed by atoms with Gasteiger partial charge in [-0.25, -0.2) is 19.0 Å². The first-order valence-corrected chi connectivity index (χ1v) is 9.14. The number of rotatable bonds is 4. The van der Waals surface area contributed by atoms with Crippen LogP contribution in [0.4, 0.5) is 16.0 Å². The summed E-state index contributed by atoms with van der Waals surface area (Å²) in [7, 11) is 0. The molecule has 2 aliphatic heterocycles. The van der Waals surface area contributed by atoms with Gasteiger partial charge in [0, 0.05) is 24.4 Å². The normalized spacial score (nSPS) is 25.3. The maximum atomic E-state index is 15.0. The van der Waals surface area contributed by atoms with Crippen molar-refractivity contribution in [1.29, 1.82) is 0 Å². The van der Waals surface area contributed by atoms with Crippen LogP contribution in [0.25, 0.3) is 5.57 Å². The quantitative estimate of drug-likeness (QED) is 0.645. The number of hydrogen-bond acceptors (Lipinski definition) is 7. The first kappa shape index (κ1) is 18.6. The molecule has 8 nitrogen and oxygen atoms in total. The number of carboxylic acid groups (broad SMARTS) is 1. The highest BCUT2D eigenvalue weighted by molar-refractivity contribution is 6.15. The number of aliphatic hydroxyl groups excluding tert-OH is 2. The van der Waals surface area contributed by atoms with Crippen molar-refractivity contribution in [3.8, 4) is 0 Å². The minimum atomic E-state index is -1.30. The van der Waals surface area contributed by atoms with Gasteiger partial charge >= 0.3 is 5.97 Å². The van der Waals surface area contributed by atoms with Crippen LogP contribution in [0, 0.1) is 5.82 Å². The second-order valence-electron chi connectivity index (χ2n) is 7.48. The zero-order chi connectivity index (χ0) is 20.2. The summed E-state index contributed by atoms with van der Waals surface area (Å²) < 4.78 is 15.0. The largest absolute Gasteiger partial charge is 0.478 e. The highest BCUT2D eigenvalue weighted by Crippen LogP contribution is 2.43. The van der Waals surface area contributed by atoms with Gasteiger partial charge in [0.1, 0.15) is 11.8 Å². The Morgan fingerprint density at radius 2 is 2.11 bits per heavy atom. The molecule has 0 radical (unpaired) electrons. The van der Waals surface area contributed by atoms with E-state index in [1.165, 1.54) is 11.1 Å². The maximum absolute atomic E-state index is 15.0. The fourth-order valence-corrected chi connectivity index (χ4v) is 3.91. The van der Waals surface area contributed by atoms with Crippen molar-refractivity contribution in [1.82, 2.24) is 4.98 Å². The average Bonchev–Trinajstić information content (AvgIpc) is 3.40. The lowest BCUT2D eigenvalue weighted by Gasteiger charge is -2.32. The van der Waals surface area contributed by atoms with Crippen molar-refractivity contribution in [2.45, 2.75) is 50.5 Å². The number of aliphatic hydroxyl groups is 2. The van der Waals surface area contributed by atoms with Gasteiger partial charge in [0.05, 0.1) is 29.4 Å². The van der Waals surface area contributed by atoms with Gasteiger partial charge in [-0.05, 0) is 32.3 Å². The molecule has 1 saturated heterocycles. The van der Waals surface area contributed by atoms with Crippen LogP contribution in [-0.4, -0.2) is 63.1 Å². The minimum Gasteiger partial charge on any atom is -0.478 e. The van der Waals surface area contributed by atoms with E-state index in [4.69, 9.17) is 0 Å². The van der Waals surface area contributed by atoms with Crippen molar-refractivity contribution in [3.63, 3.8) is 0 Å². The van der Waals surface area contributed by atoms with Gasteiger partial charge in [-0.15, -0.1) is 0 Å². The molecule has 3 aliphatic rings. The number of carboxylic acids is 1. The van der Waals surface area contributed by atoms with Crippen LogP contribution in [0.1, 0.15) is 31.7 Å². The van der Waals surface area contributed by atoms with Crippen LogP contribution in [-0.2, 0) is 9.59 Å². The molecular formula is C19H20FN3O5. The second-order valence-corrected chi connectivity index (χ2v) is 7.48. The Balaban J connectivity index is 1.85. The lowest BCUT2D eigenvalue weighted by Crippen LogP contribution is -2.39. The van der Waals surface area contributed by atoms with Crippen LogP contribution in [0.15, 0.2) is 17.8 Å². The van der Waals surface area contributed by atoms with Crippen LogP contribution >= 0.6 is 0 Å². The first-order valence-electron chi connectivity index (χ1n) is 9.14. The molecule has 1 aliphatic carbocycles. The Morgan fingerprint density at radius 3 is 2.68 bits per heavy atom. The maximum Gasteiger partial charge on any atom is 0.338 e. The fraction of sp³-hybridized carbons (Fsp3) is 0.474. The molecule has 1 aromatic heterocycles. The summed E-state index contributed by atoms with van der Waals surface area (Å²) in [5, 5.41) is 29.4. The van der Waals surface area contributed by atoms with Crippen LogP contribution < -0.4 is 9.80 Å². The molecule has 2 fully saturated rings. The third-order valence-corrected chi connectivity index (χ3v) is 5.41. The molecule has 1 aromatic rings. The molecule has 3 N–H and O–H groups in total. The number of carbonyl (C=O) groups is 1. The molecule has 0 aromatic carbocycles. The van der Waals surface area contributed by atoms with E-state index in [1.54, 1.807) is 17.8 Å². The Kier molecular flexibility index (Phi) is 4.45. The van der Waals surface area contributed by atoms with Gasteiger partial charge in [-0.3, -0.25) is 0 Å². The van der Waals surface area contributed by atoms with Gasteiger partial charge in [0.15, 0.2) is 11.6 Å². The molecule has 3 heterocycles. The Hall–Kier alpha value is -2.74. The van der Waals surface area contributed by atoms with Gasteiger partial charge in [-0.2, -0.15) is 0 Å². The van der Waals surface area contributed by atoms with Gasteiger partial charge in [0.2, 0.25) is 0 Å². The highest BCUT2D eigenvalue weighted by atomic mass is 19.1. The van der Waals surface area contributed by atoms with Crippen molar-refractivity contribution in [3.05, 3.63) is 29.2 Å². The molecule has 3 atom stereocenters. The molecule has 0 bridgehead atoms. The summed E-state index contributed by atoms with van der Waals surface area (Å²) in [5.41, 5.74) is -0.413. The number of pyridine rings is 1. The number of nitrogens with zero attached hydrogens (tertiary/aromatic N) is 3. The number of fused-ring (bicyclic) bond motifs is 1. The van der Waals surface area contributed by atoms with E-state index in [9.17, 15) is 29.3 Å². The predicted molar refractivity (Wildman–Crippen MR) is 98.0 cm³/mol. The third kappa shape index (κ3) is 2.97. The number of hydrogen-bond donors (Lipinski definition) is 3. The predicted octanol–water partition coefficient (Wildman–Crippen LogP) is 0.707. The summed E-state index contributed by atoms with van der Waals surface area (Å²) in [4.78, 5) is 30.6. The summed E-state index contributed by atoms with van der Waals surface area (Å²) in [6.45, 7) is 1.69. The van der Waals surface area contributed by atoms with E-state index in [0.717, 1.165) is 18.9 Å². The van der Waals surface area contributed by atoms with Crippen LogP contribution in [0.3, 0.4) is 0 Å². The number of aliphatic carboxylic acids is 1. The van der Waals surface area contributed by atoms with Crippen molar-refractivity contribution in [2.75, 3.05) is 16.3 Å². The van der Waals surface area contributed by atoms with Crippen molar-refractivity contribution >= 4 is 29.1 Å². The Labute approximate surface area is 160 Å². The van der Waals surface area contributed by atoms with E-state index in [1.807, 2.05) is 0 Å². The third-order valence-electron chi connectivity index (χ3n) is 5.41. The van der Waals surface area contributed by atoms with E-state index in [-0.39, 0.29) is 47.4 Å². The molecule has 0 unspecified atom stereocenters. The monoisotopic (exact) mass is 389 g/mol. The molecule has 148 valence electrons. The van der Waals surface area contributed by atoms with Crippen molar-refractivity contribution < 1.29 is 29.3 Å². The number of anilines is 2. The highest BCUT2D eigenvalue weighted by Gasteiger charge is 2.40. The van der Waals surface area contributed by atoms with E-state index in [2.05, 4.69) is 4.98 Å². The molecule has 28 heavy (non-hydrogen) atoms. The zero-order valence-electron chi connectivity index (χ0n) is 15.2. The van der Waals surface area contributed by atoms with Crippen molar-refractivity contribution in [2.24, 2.45) is 0 Å². The van der Waals surface area contributed by atoms with E-state index >= 15 is 0 Å². The second kappa shape index (κ2) is 6.70. The minimum absolute atomic E-state index is 0.0313. The molecule has 4 rings (SSSR count). The average molecular weight is 389 g/mol. The summed E-state index contributed by atoms with van der Waals surface area (Å²) >= 11 is 0. The smallest absolute Gasteiger partial charge is 0.338 e. The number of carbonyl (C=O) groups excluding carboxylic acids is 1. The van der Waals surface area contributed by atoms with Gasteiger partial charge in [-0.1, -0.05) is 0 Å². The Morgan fingerprint density at radius 1 is 1.39 bits per heavy atom. The lowest BCUT2D eigenvalue weighted by molar-refractivity contribution is -0.132. The molecule has 0 spiro atoms. The number of halogens is 1. The van der Waals surface area contributed by atoms with Crippen LogP contribution in [0.2, 0.25) is 0 Å². The lowest BCUT2D eigenvalue weighted by atomic mass is 9.96. The number of aromatic nitrogens is 1. The molecular weight excluding hydrogens is 369 g/mol. The fourth-order valence-electron chi connectivity index (χ4n) is 3.91. The SMILES string of the molecule is C[C@@H](O)[C@@H]1C[C@@H](O)CN1c1nc2c(cc1F)C(=C=O)C(C(=O)O)=CN2C1CC1. The zero-order valence-corrected chi connectivity index (χ0v) is 15.2. The first-order chi connectivity index (χ1) is 13.3. The van der Waals surface area contributed by atoms with E-state index < -0.39 is 30.0 Å². The number of β-amino-alcohol motifs (C(OH)–C–C–N with tert-alkyl or cyclic N) is 1. The topological polar surface area (TPSA) is 114 Å².